The molecule has 5 heteroatoms. The van der Waals surface area contributed by atoms with Crippen molar-refractivity contribution in [2.24, 2.45) is 5.92 Å². The molecular formula is C19H20N2O3. The number of nitrogens with zero attached hydrogens (tertiary/aromatic N) is 1. The van der Waals surface area contributed by atoms with Crippen LogP contribution in [0.15, 0.2) is 54.6 Å². The third kappa shape index (κ3) is 3.56. The van der Waals surface area contributed by atoms with Gasteiger partial charge in [-0.25, -0.2) is 0 Å². The molecule has 3 rings (SSSR count). The van der Waals surface area contributed by atoms with E-state index in [1.54, 1.807) is 4.90 Å². The Morgan fingerprint density at radius 1 is 1.17 bits per heavy atom. The molecule has 2 amide bonds. The van der Waals surface area contributed by atoms with Gasteiger partial charge in [-0.1, -0.05) is 18.2 Å². The highest BCUT2D eigenvalue weighted by molar-refractivity contribution is 6.03. The van der Waals surface area contributed by atoms with E-state index in [1.165, 1.54) is 0 Å². The van der Waals surface area contributed by atoms with Crippen molar-refractivity contribution in [2.45, 2.75) is 13.3 Å². The van der Waals surface area contributed by atoms with Crippen LogP contribution >= 0.6 is 0 Å². The summed E-state index contributed by atoms with van der Waals surface area (Å²) >= 11 is 0. The Hall–Kier alpha value is -2.82. The summed E-state index contributed by atoms with van der Waals surface area (Å²) in [5.41, 5.74) is 1.54. The second-order valence-electron chi connectivity index (χ2n) is 5.69. The lowest BCUT2D eigenvalue weighted by Gasteiger charge is -2.17. The summed E-state index contributed by atoms with van der Waals surface area (Å²) in [6.07, 6.45) is 0.228. The lowest BCUT2D eigenvalue weighted by Crippen LogP contribution is -2.28. The van der Waals surface area contributed by atoms with Gasteiger partial charge in [-0.2, -0.15) is 0 Å². The molecule has 2 aromatic carbocycles. The van der Waals surface area contributed by atoms with Crippen LogP contribution in [-0.4, -0.2) is 25.0 Å². The average molecular weight is 324 g/mol. The van der Waals surface area contributed by atoms with Gasteiger partial charge in [0.1, 0.15) is 5.75 Å². The topological polar surface area (TPSA) is 58.6 Å². The molecule has 0 saturated carbocycles. The molecular weight excluding hydrogens is 304 g/mol. The highest BCUT2D eigenvalue weighted by Crippen LogP contribution is 2.27. The third-order valence-corrected chi connectivity index (χ3v) is 4.00. The van der Waals surface area contributed by atoms with Gasteiger partial charge in [0.25, 0.3) is 0 Å². The van der Waals surface area contributed by atoms with E-state index in [0.717, 1.165) is 17.1 Å². The van der Waals surface area contributed by atoms with Crippen LogP contribution in [0.3, 0.4) is 0 Å². The summed E-state index contributed by atoms with van der Waals surface area (Å²) < 4.78 is 5.41. The van der Waals surface area contributed by atoms with Crippen molar-refractivity contribution in [3.05, 3.63) is 54.6 Å². The number of para-hydroxylation sites is 1. The number of anilines is 2. The fraction of sp³-hybridized carbons (Fsp3) is 0.263. The minimum absolute atomic E-state index is 0.0348. The number of benzene rings is 2. The Morgan fingerprint density at radius 2 is 1.88 bits per heavy atom. The molecule has 1 atom stereocenters. The van der Waals surface area contributed by atoms with Gasteiger partial charge in [-0.05, 0) is 43.3 Å². The van der Waals surface area contributed by atoms with Crippen LogP contribution in [0.2, 0.25) is 0 Å². The van der Waals surface area contributed by atoms with Crippen LogP contribution in [0, 0.1) is 5.92 Å². The second-order valence-corrected chi connectivity index (χ2v) is 5.69. The molecule has 1 fully saturated rings. The van der Waals surface area contributed by atoms with Crippen molar-refractivity contribution < 1.29 is 14.3 Å². The molecule has 24 heavy (non-hydrogen) atoms. The van der Waals surface area contributed by atoms with Crippen molar-refractivity contribution in [1.82, 2.24) is 0 Å². The van der Waals surface area contributed by atoms with Gasteiger partial charge in [0, 0.05) is 24.3 Å². The number of hydrogen-bond donors (Lipinski definition) is 1. The highest BCUT2D eigenvalue weighted by atomic mass is 16.5. The molecule has 2 aromatic rings. The van der Waals surface area contributed by atoms with Crippen LogP contribution in [0.5, 0.6) is 5.75 Å². The summed E-state index contributed by atoms with van der Waals surface area (Å²) in [5.74, 6) is 0.269. The molecule has 0 spiro atoms. The maximum Gasteiger partial charge on any atom is 0.229 e. The number of carbonyl (C=O) groups is 2. The Labute approximate surface area is 141 Å². The zero-order chi connectivity index (χ0) is 16.9. The Balaban J connectivity index is 1.65. The maximum atomic E-state index is 12.4. The first-order valence-corrected chi connectivity index (χ1v) is 8.06. The van der Waals surface area contributed by atoms with Gasteiger partial charge in [0.05, 0.1) is 12.5 Å². The number of rotatable bonds is 5. The van der Waals surface area contributed by atoms with Gasteiger partial charge in [-0.3, -0.25) is 9.59 Å². The first-order chi connectivity index (χ1) is 11.7. The van der Waals surface area contributed by atoms with E-state index in [0.29, 0.717) is 13.2 Å². The summed E-state index contributed by atoms with van der Waals surface area (Å²) in [7, 11) is 0. The summed E-state index contributed by atoms with van der Waals surface area (Å²) in [6, 6.07) is 16.6. The molecule has 0 radical (unpaired) electrons. The van der Waals surface area contributed by atoms with E-state index in [9.17, 15) is 9.59 Å². The fourth-order valence-electron chi connectivity index (χ4n) is 2.79. The number of nitrogens with one attached hydrogen (secondary N) is 1. The molecule has 1 saturated heterocycles. The quantitative estimate of drug-likeness (QED) is 0.919. The lowest BCUT2D eigenvalue weighted by atomic mass is 10.1. The highest BCUT2D eigenvalue weighted by Gasteiger charge is 2.35. The number of amides is 2. The van der Waals surface area contributed by atoms with E-state index in [1.807, 2.05) is 61.5 Å². The zero-order valence-electron chi connectivity index (χ0n) is 13.6. The number of ether oxygens (including phenoxy) is 1. The van der Waals surface area contributed by atoms with Gasteiger partial charge in [-0.15, -0.1) is 0 Å². The second kappa shape index (κ2) is 7.17. The minimum Gasteiger partial charge on any atom is -0.494 e. The van der Waals surface area contributed by atoms with Gasteiger partial charge >= 0.3 is 0 Å². The Kier molecular flexibility index (Phi) is 4.79. The minimum atomic E-state index is -0.343. The van der Waals surface area contributed by atoms with Crippen LogP contribution in [-0.2, 0) is 9.59 Å². The first kappa shape index (κ1) is 16.1. The molecule has 1 N–H and O–H groups in total. The lowest BCUT2D eigenvalue weighted by molar-refractivity contribution is -0.122. The molecule has 1 heterocycles. The summed E-state index contributed by atoms with van der Waals surface area (Å²) in [4.78, 5) is 26.3. The van der Waals surface area contributed by atoms with Crippen molar-refractivity contribution in [3.8, 4) is 5.75 Å². The SMILES string of the molecule is CCOc1ccc(N2C[C@@H](C(=O)Nc3ccccc3)CC2=O)cc1. The standard InChI is InChI=1S/C19H20N2O3/c1-2-24-17-10-8-16(9-11-17)21-13-14(12-18(21)22)19(23)20-15-6-4-3-5-7-15/h3-11,14H,2,12-13H2,1H3,(H,20,23)/t14-/m0/s1. The molecule has 124 valence electrons. The normalized spacial score (nSPS) is 17.0. The largest absolute Gasteiger partial charge is 0.494 e. The third-order valence-electron chi connectivity index (χ3n) is 4.00. The van der Waals surface area contributed by atoms with E-state index in [4.69, 9.17) is 4.74 Å². The van der Waals surface area contributed by atoms with Crippen LogP contribution in [0.1, 0.15) is 13.3 Å². The fourth-order valence-corrected chi connectivity index (χ4v) is 2.79. The molecule has 0 aromatic heterocycles. The monoisotopic (exact) mass is 324 g/mol. The molecule has 1 aliphatic rings. The van der Waals surface area contributed by atoms with Crippen molar-refractivity contribution >= 4 is 23.2 Å². The maximum absolute atomic E-state index is 12.4. The van der Waals surface area contributed by atoms with E-state index >= 15 is 0 Å². The predicted molar refractivity (Wildman–Crippen MR) is 93.1 cm³/mol. The molecule has 0 bridgehead atoms. The van der Waals surface area contributed by atoms with Crippen LogP contribution in [0.4, 0.5) is 11.4 Å². The zero-order valence-corrected chi connectivity index (χ0v) is 13.6. The van der Waals surface area contributed by atoms with E-state index in [-0.39, 0.29) is 24.2 Å². The number of hydrogen-bond acceptors (Lipinski definition) is 3. The summed E-state index contributed by atoms with van der Waals surface area (Å²) in [5, 5.41) is 2.86. The number of carbonyl (C=O) groups excluding carboxylic acids is 2. The van der Waals surface area contributed by atoms with Gasteiger partial charge in [0.15, 0.2) is 0 Å². The molecule has 1 aliphatic heterocycles. The predicted octanol–water partition coefficient (Wildman–Crippen LogP) is 3.08. The first-order valence-electron chi connectivity index (χ1n) is 8.06. The van der Waals surface area contributed by atoms with Crippen molar-refractivity contribution in [3.63, 3.8) is 0 Å². The van der Waals surface area contributed by atoms with Crippen LogP contribution < -0.4 is 15.0 Å². The van der Waals surface area contributed by atoms with E-state index in [2.05, 4.69) is 5.32 Å². The van der Waals surface area contributed by atoms with E-state index < -0.39 is 0 Å². The molecule has 5 nitrogen and oxygen atoms in total. The van der Waals surface area contributed by atoms with Gasteiger partial charge in [0.2, 0.25) is 11.8 Å². The Bertz CT molecular complexity index is 713. The summed E-state index contributed by atoms with van der Waals surface area (Å²) in [6.45, 7) is 2.92. The molecule has 0 aliphatic carbocycles. The van der Waals surface area contributed by atoms with Gasteiger partial charge < -0.3 is 15.0 Å². The van der Waals surface area contributed by atoms with Crippen molar-refractivity contribution in [1.29, 1.82) is 0 Å². The molecule has 0 unspecified atom stereocenters. The van der Waals surface area contributed by atoms with Crippen LogP contribution in [0.25, 0.3) is 0 Å². The smallest absolute Gasteiger partial charge is 0.229 e. The average Bonchev–Trinajstić information content (AvgIpc) is 2.99. The van der Waals surface area contributed by atoms with Crippen molar-refractivity contribution in [2.75, 3.05) is 23.4 Å². The Morgan fingerprint density at radius 3 is 2.54 bits per heavy atom.